The van der Waals surface area contributed by atoms with Gasteiger partial charge in [0, 0.05) is 6.04 Å². The third kappa shape index (κ3) is 1.77. The maximum Gasteiger partial charge on any atom is 0.314 e. The van der Waals surface area contributed by atoms with Crippen LogP contribution in [0.15, 0.2) is 27.8 Å². The molecule has 2 aromatic rings. The van der Waals surface area contributed by atoms with E-state index >= 15 is 0 Å². The highest BCUT2D eigenvalue weighted by molar-refractivity contribution is 5.74. The molecule has 0 spiro atoms. The first-order chi connectivity index (χ1) is 7.61. The molecule has 2 rings (SSSR count). The van der Waals surface area contributed by atoms with Gasteiger partial charge in [0.15, 0.2) is 0 Å². The fourth-order valence-electron chi connectivity index (χ4n) is 1.60. The molecule has 0 aliphatic heterocycles. The average molecular weight is 219 g/mol. The molecule has 1 aromatic carbocycles. The molecular formula is C11H13N3O2. The summed E-state index contributed by atoms with van der Waals surface area (Å²) in [5, 5.41) is 0. The van der Waals surface area contributed by atoms with Crippen molar-refractivity contribution in [1.82, 2.24) is 9.97 Å². The minimum atomic E-state index is -0.644. The van der Waals surface area contributed by atoms with Gasteiger partial charge < -0.3 is 15.7 Å². The predicted octanol–water partition coefficient (Wildman–Crippen LogP) is 0.626. The smallest absolute Gasteiger partial charge is 0.314 e. The number of nitrogens with one attached hydrogen (secondary N) is 2. The number of aromatic amines is 2. The van der Waals surface area contributed by atoms with Crippen LogP contribution in [-0.4, -0.2) is 9.97 Å². The first kappa shape index (κ1) is 10.6. The van der Waals surface area contributed by atoms with Crippen LogP contribution in [0.2, 0.25) is 0 Å². The number of benzene rings is 1. The Kier molecular flexibility index (Phi) is 2.62. The maximum atomic E-state index is 11.2. The third-order valence-corrected chi connectivity index (χ3v) is 2.61. The van der Waals surface area contributed by atoms with Crippen LogP contribution in [0.5, 0.6) is 0 Å². The number of hydrogen-bond donors (Lipinski definition) is 3. The van der Waals surface area contributed by atoms with Crippen LogP contribution in [0.1, 0.15) is 24.9 Å². The number of hydrogen-bond acceptors (Lipinski definition) is 3. The van der Waals surface area contributed by atoms with Gasteiger partial charge in [0.05, 0.1) is 11.0 Å². The molecule has 16 heavy (non-hydrogen) atoms. The summed E-state index contributed by atoms with van der Waals surface area (Å²) in [6, 6.07) is 5.34. The molecule has 0 saturated heterocycles. The summed E-state index contributed by atoms with van der Waals surface area (Å²) in [6.45, 7) is 1.99. The molecule has 0 fully saturated rings. The Labute approximate surface area is 91.3 Å². The second-order valence-corrected chi connectivity index (χ2v) is 3.73. The standard InChI is InChI=1S/C11H13N3O2/c1-2-7(12)6-3-4-8-9(5-6)14-11(16)10(15)13-8/h3-5,7H,2,12H2,1H3,(H,13,15)(H,14,16)/t7-/m1/s1. The summed E-state index contributed by atoms with van der Waals surface area (Å²) in [4.78, 5) is 27.3. The Morgan fingerprint density at radius 2 is 1.81 bits per heavy atom. The van der Waals surface area contributed by atoms with Crippen molar-refractivity contribution in [2.45, 2.75) is 19.4 Å². The van der Waals surface area contributed by atoms with Crippen molar-refractivity contribution in [3.05, 3.63) is 44.5 Å². The molecule has 0 amide bonds. The fourth-order valence-corrected chi connectivity index (χ4v) is 1.60. The number of rotatable bonds is 2. The first-order valence-electron chi connectivity index (χ1n) is 5.13. The zero-order chi connectivity index (χ0) is 11.7. The van der Waals surface area contributed by atoms with Gasteiger partial charge in [-0.25, -0.2) is 0 Å². The summed E-state index contributed by atoms with van der Waals surface area (Å²) in [5.74, 6) is 0. The van der Waals surface area contributed by atoms with Gasteiger partial charge in [-0.3, -0.25) is 9.59 Å². The van der Waals surface area contributed by atoms with Crippen molar-refractivity contribution in [2.75, 3.05) is 0 Å². The third-order valence-electron chi connectivity index (χ3n) is 2.61. The van der Waals surface area contributed by atoms with Crippen LogP contribution in [0.3, 0.4) is 0 Å². The lowest BCUT2D eigenvalue weighted by Gasteiger charge is -2.09. The first-order valence-corrected chi connectivity index (χ1v) is 5.13. The van der Waals surface area contributed by atoms with Crippen molar-refractivity contribution in [1.29, 1.82) is 0 Å². The molecule has 1 heterocycles. The Morgan fingerprint density at radius 3 is 2.44 bits per heavy atom. The minimum absolute atomic E-state index is 0.0557. The molecule has 84 valence electrons. The van der Waals surface area contributed by atoms with Crippen molar-refractivity contribution >= 4 is 11.0 Å². The Morgan fingerprint density at radius 1 is 1.19 bits per heavy atom. The number of aromatic nitrogens is 2. The van der Waals surface area contributed by atoms with Gasteiger partial charge in [-0.15, -0.1) is 0 Å². The van der Waals surface area contributed by atoms with E-state index in [2.05, 4.69) is 9.97 Å². The lowest BCUT2D eigenvalue weighted by atomic mass is 10.0. The zero-order valence-electron chi connectivity index (χ0n) is 8.91. The fraction of sp³-hybridized carbons (Fsp3) is 0.273. The molecule has 5 nitrogen and oxygen atoms in total. The van der Waals surface area contributed by atoms with Gasteiger partial charge in [0.25, 0.3) is 0 Å². The molecule has 0 radical (unpaired) electrons. The van der Waals surface area contributed by atoms with Crippen molar-refractivity contribution in [3.63, 3.8) is 0 Å². The Hall–Kier alpha value is -1.88. The molecular weight excluding hydrogens is 206 g/mol. The van der Waals surface area contributed by atoms with E-state index in [0.717, 1.165) is 12.0 Å². The predicted molar refractivity (Wildman–Crippen MR) is 62.4 cm³/mol. The highest BCUT2D eigenvalue weighted by atomic mass is 16.2. The van der Waals surface area contributed by atoms with E-state index < -0.39 is 11.1 Å². The summed E-state index contributed by atoms with van der Waals surface area (Å²) >= 11 is 0. The number of fused-ring (bicyclic) bond motifs is 1. The van der Waals surface area contributed by atoms with Crippen LogP contribution in [-0.2, 0) is 0 Å². The van der Waals surface area contributed by atoms with Crippen molar-refractivity contribution in [3.8, 4) is 0 Å². The largest absolute Gasteiger partial charge is 0.324 e. The maximum absolute atomic E-state index is 11.2. The summed E-state index contributed by atoms with van der Waals surface area (Å²) in [7, 11) is 0. The van der Waals surface area contributed by atoms with Crippen LogP contribution >= 0.6 is 0 Å². The van der Waals surface area contributed by atoms with E-state index in [1.807, 2.05) is 13.0 Å². The van der Waals surface area contributed by atoms with E-state index in [9.17, 15) is 9.59 Å². The van der Waals surface area contributed by atoms with Gasteiger partial charge >= 0.3 is 11.1 Å². The second kappa shape index (κ2) is 3.94. The normalized spacial score (nSPS) is 12.9. The van der Waals surface area contributed by atoms with Crippen LogP contribution in [0.4, 0.5) is 0 Å². The second-order valence-electron chi connectivity index (χ2n) is 3.73. The highest BCUT2D eigenvalue weighted by Gasteiger charge is 2.05. The summed E-state index contributed by atoms with van der Waals surface area (Å²) in [5.41, 5.74) is 6.76. The van der Waals surface area contributed by atoms with Crippen molar-refractivity contribution in [2.24, 2.45) is 5.73 Å². The molecule has 0 bridgehead atoms. The Bertz CT molecular complexity index is 627. The minimum Gasteiger partial charge on any atom is -0.324 e. The van der Waals surface area contributed by atoms with Gasteiger partial charge in [-0.05, 0) is 24.1 Å². The topological polar surface area (TPSA) is 91.7 Å². The molecule has 0 aliphatic rings. The van der Waals surface area contributed by atoms with E-state index in [0.29, 0.717) is 11.0 Å². The lowest BCUT2D eigenvalue weighted by molar-refractivity contribution is 0.699. The molecule has 1 atom stereocenters. The van der Waals surface area contributed by atoms with Crippen LogP contribution < -0.4 is 16.9 Å². The number of nitrogens with two attached hydrogens (primary N) is 1. The SMILES string of the molecule is CC[C@@H](N)c1ccc2[nH]c(=O)c(=O)[nH]c2c1. The molecule has 0 aliphatic carbocycles. The van der Waals surface area contributed by atoms with E-state index in [4.69, 9.17) is 5.73 Å². The molecule has 0 saturated carbocycles. The summed E-state index contributed by atoms with van der Waals surface area (Å²) in [6.07, 6.45) is 0.819. The van der Waals surface area contributed by atoms with Gasteiger partial charge in [0.2, 0.25) is 0 Å². The Balaban J connectivity index is 2.67. The van der Waals surface area contributed by atoms with Gasteiger partial charge in [-0.1, -0.05) is 13.0 Å². The highest BCUT2D eigenvalue weighted by Crippen LogP contribution is 2.16. The quantitative estimate of drug-likeness (QED) is 0.647. The van der Waals surface area contributed by atoms with Gasteiger partial charge in [-0.2, -0.15) is 0 Å². The molecule has 5 heteroatoms. The zero-order valence-corrected chi connectivity index (χ0v) is 8.91. The summed E-state index contributed by atoms with van der Waals surface area (Å²) < 4.78 is 0. The van der Waals surface area contributed by atoms with Crippen LogP contribution in [0, 0.1) is 0 Å². The van der Waals surface area contributed by atoms with Crippen molar-refractivity contribution < 1.29 is 0 Å². The average Bonchev–Trinajstić information content (AvgIpc) is 2.29. The van der Waals surface area contributed by atoms with Gasteiger partial charge in [0.1, 0.15) is 0 Å². The number of H-pyrrole nitrogens is 2. The van der Waals surface area contributed by atoms with E-state index in [1.165, 1.54) is 0 Å². The molecule has 1 aromatic heterocycles. The molecule has 0 unspecified atom stereocenters. The van der Waals surface area contributed by atoms with Crippen LogP contribution in [0.25, 0.3) is 11.0 Å². The van der Waals surface area contributed by atoms with E-state index in [-0.39, 0.29) is 6.04 Å². The van der Waals surface area contributed by atoms with E-state index in [1.54, 1.807) is 12.1 Å². The monoisotopic (exact) mass is 219 g/mol. The lowest BCUT2D eigenvalue weighted by Crippen LogP contribution is -2.29. The molecule has 4 N–H and O–H groups in total.